The van der Waals surface area contributed by atoms with Gasteiger partial charge in [-0.15, -0.1) is 0 Å². The largest absolute Gasteiger partial charge is 0.476 e. The maximum Gasteiger partial charge on any atom is 0.356 e. The third-order valence-electron chi connectivity index (χ3n) is 6.38. The molecule has 1 atom stereocenters. The van der Waals surface area contributed by atoms with Crippen LogP contribution in [0, 0.1) is 12.3 Å². The summed E-state index contributed by atoms with van der Waals surface area (Å²) in [6.45, 7) is 10.0. The zero-order valence-corrected chi connectivity index (χ0v) is 19.2. The van der Waals surface area contributed by atoms with Gasteiger partial charge in [0.2, 0.25) is 0 Å². The van der Waals surface area contributed by atoms with Crippen molar-refractivity contribution in [2.45, 2.75) is 46.6 Å². The van der Waals surface area contributed by atoms with Gasteiger partial charge in [-0.05, 0) is 43.7 Å². The molecule has 0 bridgehead atoms. The fourth-order valence-electron chi connectivity index (χ4n) is 4.30. The number of anilines is 2. The van der Waals surface area contributed by atoms with Crippen LogP contribution in [0.15, 0.2) is 33.7 Å². The summed E-state index contributed by atoms with van der Waals surface area (Å²) >= 11 is 0. The number of nitrogens with one attached hydrogen (secondary N) is 1. The number of hydrogen-bond acceptors (Lipinski definition) is 6. The maximum atomic E-state index is 13.0. The van der Waals surface area contributed by atoms with Gasteiger partial charge in [-0.3, -0.25) is 4.79 Å². The van der Waals surface area contributed by atoms with E-state index >= 15 is 0 Å². The van der Waals surface area contributed by atoms with Crippen molar-refractivity contribution in [3.8, 4) is 0 Å². The Hall–Kier alpha value is -3.29. The molecular formula is C24H30N4O4. The Morgan fingerprint density at radius 1 is 1.25 bits per heavy atom. The molecule has 8 nitrogen and oxygen atoms in total. The molecule has 0 unspecified atom stereocenters. The fourth-order valence-corrected chi connectivity index (χ4v) is 4.30. The Labute approximate surface area is 186 Å². The lowest BCUT2D eigenvalue weighted by atomic mass is 9.83. The van der Waals surface area contributed by atoms with Crippen LogP contribution in [0.4, 0.5) is 11.7 Å². The normalized spacial score (nSPS) is 16.8. The second kappa shape index (κ2) is 8.00. The summed E-state index contributed by atoms with van der Waals surface area (Å²) in [4.78, 5) is 31.0. The van der Waals surface area contributed by atoms with Crippen LogP contribution >= 0.6 is 0 Å². The van der Waals surface area contributed by atoms with Gasteiger partial charge in [0.25, 0.3) is 0 Å². The SMILES string of the molecule is Cc1cc([C@@H](C)Nc2ncn(C)c2C(=O)O)c2oc(N3CCC(C)(C)CC3)cc(=O)c2c1. The monoisotopic (exact) mass is 438 g/mol. The molecule has 1 aliphatic heterocycles. The summed E-state index contributed by atoms with van der Waals surface area (Å²) in [7, 11) is 1.64. The molecule has 1 aromatic carbocycles. The number of carboxylic acid groups (broad SMARTS) is 1. The van der Waals surface area contributed by atoms with Crippen LogP contribution in [-0.4, -0.2) is 33.7 Å². The number of piperidine rings is 1. The minimum Gasteiger partial charge on any atom is -0.476 e. The van der Waals surface area contributed by atoms with E-state index in [9.17, 15) is 14.7 Å². The molecule has 0 spiro atoms. The second-order valence-corrected chi connectivity index (χ2v) is 9.55. The summed E-state index contributed by atoms with van der Waals surface area (Å²) in [5.41, 5.74) is 2.53. The van der Waals surface area contributed by atoms with Crippen LogP contribution in [0.25, 0.3) is 11.0 Å². The van der Waals surface area contributed by atoms with Gasteiger partial charge in [0.1, 0.15) is 5.58 Å². The molecule has 170 valence electrons. The topological polar surface area (TPSA) is 101 Å². The van der Waals surface area contributed by atoms with Crippen molar-refractivity contribution in [1.29, 1.82) is 0 Å². The molecule has 3 aromatic rings. The Kier molecular flexibility index (Phi) is 5.48. The highest BCUT2D eigenvalue weighted by Gasteiger charge is 2.27. The van der Waals surface area contributed by atoms with E-state index in [1.165, 1.54) is 10.9 Å². The third-order valence-corrected chi connectivity index (χ3v) is 6.38. The van der Waals surface area contributed by atoms with E-state index in [-0.39, 0.29) is 23.0 Å². The minimum absolute atomic E-state index is 0.0758. The van der Waals surface area contributed by atoms with E-state index < -0.39 is 5.97 Å². The standard InChI is InChI=1S/C24H30N4O4/c1-14-10-16(15(2)26-22-20(23(30)31)27(5)13-25-22)21-17(11-14)18(29)12-19(32-21)28-8-6-24(3,4)7-9-28/h10-13,15,26H,6-9H2,1-5H3,(H,30,31)/t15-/m1/s1. The number of fused-ring (bicyclic) bond motifs is 1. The van der Waals surface area contributed by atoms with E-state index in [0.717, 1.165) is 37.1 Å². The van der Waals surface area contributed by atoms with E-state index in [0.29, 0.717) is 22.3 Å². The molecule has 4 rings (SSSR count). The summed E-state index contributed by atoms with van der Waals surface area (Å²) in [5, 5.41) is 13.2. The van der Waals surface area contributed by atoms with Crippen molar-refractivity contribution in [1.82, 2.24) is 9.55 Å². The number of aryl methyl sites for hydroxylation is 2. The van der Waals surface area contributed by atoms with E-state index in [1.54, 1.807) is 13.1 Å². The number of aromatic carboxylic acids is 1. The van der Waals surface area contributed by atoms with Crippen molar-refractivity contribution >= 4 is 28.6 Å². The molecule has 0 saturated carbocycles. The van der Waals surface area contributed by atoms with Crippen molar-refractivity contribution < 1.29 is 14.3 Å². The molecule has 0 amide bonds. The van der Waals surface area contributed by atoms with Crippen LogP contribution in [0.1, 0.15) is 61.3 Å². The first-order chi connectivity index (χ1) is 15.1. The number of imidazole rings is 1. The Morgan fingerprint density at radius 2 is 1.94 bits per heavy atom. The first-order valence-electron chi connectivity index (χ1n) is 10.9. The number of hydrogen-bond donors (Lipinski definition) is 2. The maximum absolute atomic E-state index is 13.0. The van der Waals surface area contributed by atoms with Crippen LogP contribution in [0.2, 0.25) is 0 Å². The summed E-state index contributed by atoms with van der Waals surface area (Å²) in [6, 6.07) is 5.06. The van der Waals surface area contributed by atoms with Crippen LogP contribution in [0.3, 0.4) is 0 Å². The van der Waals surface area contributed by atoms with Crippen LogP contribution < -0.4 is 15.6 Å². The van der Waals surface area contributed by atoms with Gasteiger partial charge in [-0.2, -0.15) is 0 Å². The molecule has 0 radical (unpaired) electrons. The van der Waals surface area contributed by atoms with Gasteiger partial charge in [-0.25, -0.2) is 9.78 Å². The molecule has 3 heterocycles. The van der Waals surface area contributed by atoms with Crippen molar-refractivity contribution in [2.24, 2.45) is 12.5 Å². The highest BCUT2D eigenvalue weighted by atomic mass is 16.4. The van der Waals surface area contributed by atoms with Gasteiger partial charge in [0.15, 0.2) is 22.8 Å². The highest BCUT2D eigenvalue weighted by Crippen LogP contribution is 2.34. The first kappa shape index (κ1) is 21.9. The molecule has 2 aromatic heterocycles. The minimum atomic E-state index is -1.06. The summed E-state index contributed by atoms with van der Waals surface area (Å²) in [6.07, 6.45) is 3.53. The lowest BCUT2D eigenvalue weighted by molar-refractivity contribution is 0.0687. The Bertz CT molecular complexity index is 1230. The zero-order chi connectivity index (χ0) is 23.2. The third kappa shape index (κ3) is 4.09. The molecule has 0 aliphatic carbocycles. The van der Waals surface area contributed by atoms with Gasteiger partial charge in [0.05, 0.1) is 17.8 Å². The number of carbonyl (C=O) groups is 1. The first-order valence-corrected chi connectivity index (χ1v) is 10.9. The fraction of sp³-hybridized carbons (Fsp3) is 0.458. The smallest absolute Gasteiger partial charge is 0.356 e. The molecule has 8 heteroatoms. The lowest BCUT2D eigenvalue weighted by Crippen LogP contribution is -2.37. The molecule has 32 heavy (non-hydrogen) atoms. The van der Waals surface area contributed by atoms with Crippen molar-refractivity contribution in [2.75, 3.05) is 23.3 Å². The average Bonchev–Trinajstić information content (AvgIpc) is 3.08. The highest BCUT2D eigenvalue weighted by molar-refractivity contribution is 5.91. The predicted octanol–water partition coefficient (Wildman–Crippen LogP) is 4.33. The molecule has 1 fully saturated rings. The number of aromatic nitrogens is 2. The van der Waals surface area contributed by atoms with E-state index in [4.69, 9.17) is 4.42 Å². The van der Waals surface area contributed by atoms with Crippen LogP contribution in [-0.2, 0) is 7.05 Å². The number of rotatable bonds is 5. The average molecular weight is 439 g/mol. The molecule has 1 saturated heterocycles. The van der Waals surface area contributed by atoms with Crippen LogP contribution in [0.5, 0.6) is 0 Å². The van der Waals surface area contributed by atoms with Crippen molar-refractivity contribution in [3.63, 3.8) is 0 Å². The quantitative estimate of drug-likeness (QED) is 0.611. The van der Waals surface area contributed by atoms with Gasteiger partial charge < -0.3 is 24.3 Å². The summed E-state index contributed by atoms with van der Waals surface area (Å²) < 4.78 is 7.78. The lowest BCUT2D eigenvalue weighted by Gasteiger charge is -2.37. The van der Waals surface area contributed by atoms with Crippen molar-refractivity contribution in [3.05, 3.63) is 51.6 Å². The molecule has 1 aliphatic rings. The number of carboxylic acids is 1. The van der Waals surface area contributed by atoms with E-state index in [2.05, 4.69) is 29.0 Å². The number of benzene rings is 1. The molecule has 2 N–H and O–H groups in total. The predicted molar refractivity (Wildman–Crippen MR) is 125 cm³/mol. The summed E-state index contributed by atoms with van der Waals surface area (Å²) in [5.74, 6) is -0.200. The second-order valence-electron chi connectivity index (χ2n) is 9.55. The molecular weight excluding hydrogens is 408 g/mol. The number of nitrogens with zero attached hydrogens (tertiary/aromatic N) is 3. The van der Waals surface area contributed by atoms with Gasteiger partial charge in [-0.1, -0.05) is 19.9 Å². The van der Waals surface area contributed by atoms with Gasteiger partial charge >= 0.3 is 5.97 Å². The Balaban J connectivity index is 1.75. The zero-order valence-electron chi connectivity index (χ0n) is 19.2. The van der Waals surface area contributed by atoms with E-state index in [1.807, 2.05) is 26.0 Å². The Morgan fingerprint density at radius 3 is 2.59 bits per heavy atom. The van der Waals surface area contributed by atoms with Gasteiger partial charge in [0, 0.05) is 31.8 Å².